The molecule has 2 N–H and O–H groups in total. The Morgan fingerprint density at radius 2 is 2.38 bits per heavy atom. The van der Waals surface area contributed by atoms with Crippen molar-refractivity contribution < 1.29 is 5.11 Å². The highest BCUT2D eigenvalue weighted by atomic mass is 32.1. The maximum Gasteiger partial charge on any atom is 0.202 e. The molecule has 0 bridgehead atoms. The van der Waals surface area contributed by atoms with Crippen LogP contribution in [0.2, 0.25) is 0 Å². The number of aliphatic hydroxyl groups excluding tert-OH is 1. The van der Waals surface area contributed by atoms with Crippen molar-refractivity contribution in [1.82, 2.24) is 9.36 Å². The van der Waals surface area contributed by atoms with Crippen LogP contribution in [-0.4, -0.2) is 27.1 Å². The van der Waals surface area contributed by atoms with Crippen LogP contribution in [0, 0.1) is 12.8 Å². The Kier molecular flexibility index (Phi) is 2.46. The SMILES string of the molecule is Cc1nsc(NCC2CC(O)C2)n1. The number of nitrogens with zero attached hydrogens (tertiary/aromatic N) is 2. The highest BCUT2D eigenvalue weighted by Crippen LogP contribution is 2.27. The minimum atomic E-state index is -0.0667. The molecule has 0 amide bonds. The molecule has 13 heavy (non-hydrogen) atoms. The van der Waals surface area contributed by atoms with Crippen molar-refractivity contribution in [3.8, 4) is 0 Å². The molecular formula is C8H13N3OS. The summed E-state index contributed by atoms with van der Waals surface area (Å²) in [5.74, 6) is 1.43. The van der Waals surface area contributed by atoms with Gasteiger partial charge < -0.3 is 10.4 Å². The van der Waals surface area contributed by atoms with E-state index in [9.17, 15) is 0 Å². The van der Waals surface area contributed by atoms with Gasteiger partial charge in [0.05, 0.1) is 6.10 Å². The molecule has 5 heteroatoms. The first-order valence-corrected chi connectivity index (χ1v) is 5.23. The monoisotopic (exact) mass is 199 g/mol. The van der Waals surface area contributed by atoms with Gasteiger partial charge in [0.1, 0.15) is 5.82 Å². The first-order valence-electron chi connectivity index (χ1n) is 4.46. The third-order valence-electron chi connectivity index (χ3n) is 2.28. The van der Waals surface area contributed by atoms with Gasteiger partial charge in [-0.3, -0.25) is 0 Å². The lowest BCUT2D eigenvalue weighted by Gasteiger charge is -2.31. The molecule has 1 aromatic rings. The average Bonchev–Trinajstić information content (AvgIpc) is 2.43. The lowest BCUT2D eigenvalue weighted by Crippen LogP contribution is -2.33. The molecule has 1 aromatic heterocycles. The normalized spacial score (nSPS) is 26.9. The smallest absolute Gasteiger partial charge is 0.202 e. The Balaban J connectivity index is 1.74. The predicted molar refractivity (Wildman–Crippen MR) is 51.9 cm³/mol. The van der Waals surface area contributed by atoms with E-state index in [-0.39, 0.29) is 6.10 Å². The first-order chi connectivity index (χ1) is 6.24. The van der Waals surface area contributed by atoms with Gasteiger partial charge in [-0.15, -0.1) is 0 Å². The number of rotatable bonds is 3. The Hall–Kier alpha value is -0.680. The minimum Gasteiger partial charge on any atom is -0.393 e. The summed E-state index contributed by atoms with van der Waals surface area (Å²) in [4.78, 5) is 4.19. The van der Waals surface area contributed by atoms with Gasteiger partial charge >= 0.3 is 0 Å². The zero-order valence-electron chi connectivity index (χ0n) is 7.53. The van der Waals surface area contributed by atoms with E-state index in [1.165, 1.54) is 11.5 Å². The van der Waals surface area contributed by atoms with Crippen molar-refractivity contribution in [2.24, 2.45) is 5.92 Å². The molecule has 1 heterocycles. The van der Waals surface area contributed by atoms with Crippen molar-refractivity contribution in [2.75, 3.05) is 11.9 Å². The number of anilines is 1. The quantitative estimate of drug-likeness (QED) is 0.763. The van der Waals surface area contributed by atoms with E-state index in [2.05, 4.69) is 14.7 Å². The highest BCUT2D eigenvalue weighted by Gasteiger charge is 2.26. The third kappa shape index (κ3) is 2.16. The van der Waals surface area contributed by atoms with Crippen LogP contribution in [0.25, 0.3) is 0 Å². The van der Waals surface area contributed by atoms with Crippen LogP contribution in [-0.2, 0) is 0 Å². The molecule has 0 radical (unpaired) electrons. The average molecular weight is 199 g/mol. The van der Waals surface area contributed by atoms with Crippen molar-refractivity contribution in [2.45, 2.75) is 25.9 Å². The lowest BCUT2D eigenvalue weighted by atomic mass is 9.82. The second-order valence-corrected chi connectivity index (χ2v) is 4.27. The van der Waals surface area contributed by atoms with Crippen molar-refractivity contribution in [3.05, 3.63) is 5.82 Å². The van der Waals surface area contributed by atoms with E-state index < -0.39 is 0 Å². The number of hydrogen-bond donors (Lipinski definition) is 2. The van der Waals surface area contributed by atoms with Crippen LogP contribution < -0.4 is 5.32 Å². The van der Waals surface area contributed by atoms with Gasteiger partial charge in [0, 0.05) is 18.1 Å². The molecule has 1 saturated carbocycles. The molecular weight excluding hydrogens is 186 g/mol. The number of aliphatic hydroxyl groups is 1. The van der Waals surface area contributed by atoms with E-state index in [0.29, 0.717) is 5.92 Å². The van der Waals surface area contributed by atoms with Gasteiger partial charge in [-0.25, -0.2) is 4.98 Å². The number of hydrogen-bond acceptors (Lipinski definition) is 5. The van der Waals surface area contributed by atoms with Crippen molar-refractivity contribution in [1.29, 1.82) is 0 Å². The van der Waals surface area contributed by atoms with E-state index >= 15 is 0 Å². The maximum absolute atomic E-state index is 9.07. The molecule has 0 unspecified atom stereocenters. The summed E-state index contributed by atoms with van der Waals surface area (Å²) in [5.41, 5.74) is 0. The molecule has 0 aliphatic heterocycles. The first kappa shape index (κ1) is 8.90. The lowest BCUT2D eigenvalue weighted by molar-refractivity contribution is 0.0487. The summed E-state index contributed by atoms with van der Waals surface area (Å²) < 4.78 is 4.07. The van der Waals surface area contributed by atoms with Crippen LogP contribution in [0.4, 0.5) is 5.13 Å². The van der Waals surface area contributed by atoms with E-state index in [1.54, 1.807) is 0 Å². The number of aryl methyl sites for hydroxylation is 1. The van der Waals surface area contributed by atoms with Gasteiger partial charge in [0.25, 0.3) is 0 Å². The van der Waals surface area contributed by atoms with E-state index in [4.69, 9.17) is 5.11 Å². The fourth-order valence-corrected chi connectivity index (χ4v) is 2.05. The second kappa shape index (κ2) is 3.59. The second-order valence-electron chi connectivity index (χ2n) is 3.52. The zero-order chi connectivity index (χ0) is 9.26. The molecule has 1 aliphatic carbocycles. The van der Waals surface area contributed by atoms with Gasteiger partial charge in [0.15, 0.2) is 0 Å². The van der Waals surface area contributed by atoms with Crippen LogP contribution in [0.5, 0.6) is 0 Å². The summed E-state index contributed by atoms with van der Waals surface area (Å²) in [5, 5.41) is 13.2. The molecule has 0 aromatic carbocycles. The van der Waals surface area contributed by atoms with E-state index in [0.717, 1.165) is 30.3 Å². The van der Waals surface area contributed by atoms with Crippen LogP contribution in [0.15, 0.2) is 0 Å². The van der Waals surface area contributed by atoms with Crippen LogP contribution in [0.3, 0.4) is 0 Å². The topological polar surface area (TPSA) is 58.0 Å². The van der Waals surface area contributed by atoms with Crippen LogP contribution >= 0.6 is 11.5 Å². The van der Waals surface area contributed by atoms with E-state index in [1.807, 2.05) is 6.92 Å². The zero-order valence-corrected chi connectivity index (χ0v) is 8.34. The fourth-order valence-electron chi connectivity index (χ4n) is 1.47. The summed E-state index contributed by atoms with van der Waals surface area (Å²) >= 11 is 1.39. The number of nitrogens with one attached hydrogen (secondary N) is 1. The van der Waals surface area contributed by atoms with Crippen LogP contribution in [0.1, 0.15) is 18.7 Å². The summed E-state index contributed by atoms with van der Waals surface area (Å²) in [6.45, 7) is 2.79. The predicted octanol–water partition coefficient (Wildman–Crippen LogP) is 1.03. The number of aromatic nitrogens is 2. The molecule has 0 saturated heterocycles. The summed E-state index contributed by atoms with van der Waals surface area (Å²) in [6, 6.07) is 0. The van der Waals surface area contributed by atoms with Gasteiger partial charge in [0.2, 0.25) is 5.13 Å². The highest BCUT2D eigenvalue weighted by molar-refractivity contribution is 7.09. The molecule has 0 atom stereocenters. The summed E-state index contributed by atoms with van der Waals surface area (Å²) in [7, 11) is 0. The maximum atomic E-state index is 9.07. The standard InChI is InChI=1S/C8H13N3OS/c1-5-10-8(13-11-5)9-4-6-2-7(12)3-6/h6-7,12H,2-4H2,1H3,(H,9,10,11). The minimum absolute atomic E-state index is 0.0667. The summed E-state index contributed by atoms with van der Waals surface area (Å²) in [6.07, 6.45) is 1.78. The Morgan fingerprint density at radius 3 is 2.92 bits per heavy atom. The van der Waals surface area contributed by atoms with Gasteiger partial charge in [-0.2, -0.15) is 4.37 Å². The third-order valence-corrected chi connectivity index (χ3v) is 3.04. The Bertz CT molecular complexity index is 283. The molecule has 1 fully saturated rings. The van der Waals surface area contributed by atoms with Crippen molar-refractivity contribution >= 4 is 16.7 Å². The molecule has 72 valence electrons. The Labute approximate surface area is 81.2 Å². The van der Waals surface area contributed by atoms with Crippen molar-refractivity contribution in [3.63, 3.8) is 0 Å². The largest absolute Gasteiger partial charge is 0.393 e. The van der Waals surface area contributed by atoms with Gasteiger partial charge in [-0.1, -0.05) is 0 Å². The molecule has 0 spiro atoms. The molecule has 4 nitrogen and oxygen atoms in total. The molecule has 2 rings (SSSR count). The molecule has 1 aliphatic rings. The Morgan fingerprint density at radius 1 is 1.62 bits per heavy atom. The fraction of sp³-hybridized carbons (Fsp3) is 0.750. The van der Waals surface area contributed by atoms with Gasteiger partial charge in [-0.05, 0) is 25.7 Å².